The Hall–Kier alpha value is -3.75. The Bertz CT molecular complexity index is 1410. The minimum Gasteiger partial charge on any atom is -0.332 e. The molecule has 1 aromatic carbocycles. The van der Waals surface area contributed by atoms with Gasteiger partial charge in [0.05, 0.1) is 11.8 Å². The second kappa shape index (κ2) is 7.25. The van der Waals surface area contributed by atoms with E-state index in [0.29, 0.717) is 42.3 Å². The van der Waals surface area contributed by atoms with Crippen LogP contribution in [0, 0.1) is 5.82 Å². The van der Waals surface area contributed by atoms with Crippen LogP contribution in [0.3, 0.4) is 0 Å². The highest BCUT2D eigenvalue weighted by Crippen LogP contribution is 2.19. The van der Waals surface area contributed by atoms with Gasteiger partial charge in [0.2, 0.25) is 5.78 Å². The van der Waals surface area contributed by atoms with Crippen molar-refractivity contribution in [3.05, 3.63) is 70.8 Å². The highest BCUT2D eigenvalue weighted by atomic mass is 19.1. The van der Waals surface area contributed by atoms with Crippen LogP contribution >= 0.6 is 0 Å². The van der Waals surface area contributed by atoms with Gasteiger partial charge in [0, 0.05) is 31.7 Å². The third-order valence-electron chi connectivity index (χ3n) is 5.11. The summed E-state index contributed by atoms with van der Waals surface area (Å²) in [6, 6.07) is 6.56. The molecule has 0 saturated heterocycles. The van der Waals surface area contributed by atoms with Crippen molar-refractivity contribution in [1.82, 2.24) is 33.7 Å². The van der Waals surface area contributed by atoms with E-state index < -0.39 is 0 Å². The zero-order chi connectivity index (χ0) is 20.7. The minimum atomic E-state index is -0.240. The van der Waals surface area contributed by atoms with E-state index in [9.17, 15) is 9.18 Å². The van der Waals surface area contributed by atoms with Gasteiger partial charge in [0.1, 0.15) is 11.6 Å². The number of aryl methyl sites for hydroxylation is 3. The standard InChI is InChI=1S/C21H20FN7O/c1-2-8-29-20(30)17-19(28-10-7-23-21(28)29)26-18(25-17)15-12-24-27(13-15)9-6-14-4-3-5-16(22)11-14/h3-5,7,10-13H,2,6,8-9H2,1H3,(H,25,26). The quantitative estimate of drug-likeness (QED) is 0.471. The molecule has 30 heavy (non-hydrogen) atoms. The van der Waals surface area contributed by atoms with Crippen LogP contribution in [0.2, 0.25) is 0 Å². The van der Waals surface area contributed by atoms with Crippen LogP contribution in [0.4, 0.5) is 4.39 Å². The highest BCUT2D eigenvalue weighted by molar-refractivity contribution is 5.77. The molecule has 152 valence electrons. The van der Waals surface area contributed by atoms with Crippen LogP contribution in [0.1, 0.15) is 18.9 Å². The Morgan fingerprint density at radius 2 is 2.13 bits per heavy atom. The number of hydrogen-bond acceptors (Lipinski definition) is 4. The zero-order valence-electron chi connectivity index (χ0n) is 16.4. The second-order valence-electron chi connectivity index (χ2n) is 7.21. The Kier molecular flexibility index (Phi) is 4.42. The second-order valence-corrected chi connectivity index (χ2v) is 7.21. The maximum absolute atomic E-state index is 13.3. The van der Waals surface area contributed by atoms with E-state index in [1.165, 1.54) is 12.1 Å². The van der Waals surface area contributed by atoms with E-state index in [2.05, 4.69) is 20.1 Å². The van der Waals surface area contributed by atoms with Gasteiger partial charge in [-0.3, -0.25) is 18.4 Å². The fourth-order valence-electron chi connectivity index (χ4n) is 3.68. The average molecular weight is 405 g/mol. The van der Waals surface area contributed by atoms with Gasteiger partial charge < -0.3 is 4.98 Å². The Morgan fingerprint density at radius 3 is 2.97 bits per heavy atom. The summed E-state index contributed by atoms with van der Waals surface area (Å²) < 4.78 is 18.6. The van der Waals surface area contributed by atoms with Crippen molar-refractivity contribution < 1.29 is 4.39 Å². The molecule has 0 aliphatic rings. The fourth-order valence-corrected chi connectivity index (χ4v) is 3.68. The molecule has 5 rings (SSSR count). The summed E-state index contributed by atoms with van der Waals surface area (Å²) in [6.07, 6.45) is 8.53. The molecule has 5 aromatic rings. The first kappa shape index (κ1) is 18.3. The van der Waals surface area contributed by atoms with Crippen molar-refractivity contribution in [1.29, 1.82) is 0 Å². The minimum absolute atomic E-state index is 0.136. The summed E-state index contributed by atoms with van der Waals surface area (Å²) in [5, 5.41) is 4.38. The van der Waals surface area contributed by atoms with Crippen LogP contribution in [-0.4, -0.2) is 33.7 Å². The Balaban J connectivity index is 1.48. The number of halogens is 1. The maximum Gasteiger partial charge on any atom is 0.280 e. The first-order valence-electron chi connectivity index (χ1n) is 9.87. The van der Waals surface area contributed by atoms with Gasteiger partial charge in [-0.05, 0) is 30.5 Å². The Morgan fingerprint density at radius 1 is 1.23 bits per heavy atom. The molecular weight excluding hydrogens is 385 g/mol. The molecule has 9 heteroatoms. The van der Waals surface area contributed by atoms with Crippen molar-refractivity contribution in [2.24, 2.45) is 0 Å². The number of benzene rings is 1. The third-order valence-corrected chi connectivity index (χ3v) is 5.11. The molecule has 4 heterocycles. The van der Waals surface area contributed by atoms with Crippen LogP contribution in [0.15, 0.2) is 53.8 Å². The van der Waals surface area contributed by atoms with Gasteiger partial charge in [-0.25, -0.2) is 14.4 Å². The number of nitrogens with one attached hydrogen (secondary N) is 1. The maximum atomic E-state index is 13.3. The average Bonchev–Trinajstić information content (AvgIpc) is 3.48. The van der Waals surface area contributed by atoms with E-state index in [1.54, 1.807) is 33.9 Å². The molecule has 0 atom stereocenters. The summed E-state index contributed by atoms with van der Waals surface area (Å²) >= 11 is 0. The summed E-state index contributed by atoms with van der Waals surface area (Å²) in [5.74, 6) is 0.914. The molecule has 0 amide bonds. The van der Waals surface area contributed by atoms with Crippen LogP contribution in [-0.2, 0) is 19.5 Å². The fraction of sp³-hybridized carbons (Fsp3) is 0.238. The highest BCUT2D eigenvalue weighted by Gasteiger charge is 2.17. The lowest BCUT2D eigenvalue weighted by atomic mass is 10.1. The van der Waals surface area contributed by atoms with E-state index in [1.807, 2.05) is 23.6 Å². The van der Waals surface area contributed by atoms with Gasteiger partial charge in [0.25, 0.3) is 5.56 Å². The van der Waals surface area contributed by atoms with Gasteiger partial charge >= 0.3 is 0 Å². The molecule has 0 aliphatic carbocycles. The van der Waals surface area contributed by atoms with Crippen molar-refractivity contribution in [2.45, 2.75) is 32.9 Å². The van der Waals surface area contributed by atoms with Gasteiger partial charge in [0.15, 0.2) is 11.2 Å². The Labute approximate surface area is 170 Å². The monoisotopic (exact) mass is 405 g/mol. The van der Waals surface area contributed by atoms with Gasteiger partial charge in [-0.1, -0.05) is 19.1 Å². The van der Waals surface area contributed by atoms with Crippen molar-refractivity contribution >= 4 is 16.9 Å². The summed E-state index contributed by atoms with van der Waals surface area (Å²) in [4.78, 5) is 25.1. The van der Waals surface area contributed by atoms with E-state index in [4.69, 9.17) is 0 Å². The van der Waals surface area contributed by atoms with E-state index >= 15 is 0 Å². The lowest BCUT2D eigenvalue weighted by Crippen LogP contribution is -2.23. The molecule has 1 N–H and O–H groups in total. The molecule has 0 aliphatic heterocycles. The zero-order valence-corrected chi connectivity index (χ0v) is 16.4. The first-order valence-corrected chi connectivity index (χ1v) is 9.87. The van der Waals surface area contributed by atoms with Gasteiger partial charge in [-0.15, -0.1) is 0 Å². The molecule has 0 bridgehead atoms. The van der Waals surface area contributed by atoms with Gasteiger partial charge in [-0.2, -0.15) is 5.10 Å². The number of hydrogen-bond donors (Lipinski definition) is 1. The lowest BCUT2D eigenvalue weighted by molar-refractivity contribution is 0.603. The number of imidazole rings is 2. The van der Waals surface area contributed by atoms with E-state index in [0.717, 1.165) is 17.5 Å². The first-order chi connectivity index (χ1) is 14.6. The van der Waals surface area contributed by atoms with Crippen molar-refractivity contribution in [3.8, 4) is 11.4 Å². The molecular formula is C21H20FN7O. The molecule has 0 saturated carbocycles. The summed E-state index contributed by atoms with van der Waals surface area (Å²) in [7, 11) is 0. The SMILES string of the molecule is CCCn1c(=O)c2[nH]c(-c3cnn(CCc4cccc(F)c4)c3)nc2n2ccnc12. The van der Waals surface area contributed by atoms with Crippen LogP contribution in [0.25, 0.3) is 28.3 Å². The summed E-state index contributed by atoms with van der Waals surface area (Å²) in [6.45, 7) is 3.22. The smallest absolute Gasteiger partial charge is 0.280 e. The van der Waals surface area contributed by atoms with Crippen LogP contribution in [0.5, 0.6) is 0 Å². The third kappa shape index (κ3) is 3.08. The lowest BCUT2D eigenvalue weighted by Gasteiger charge is -2.05. The number of nitrogens with zero attached hydrogens (tertiary/aromatic N) is 6. The number of aromatic amines is 1. The molecule has 4 aromatic heterocycles. The predicted octanol–water partition coefficient (Wildman–Crippen LogP) is 3.03. The number of H-pyrrole nitrogens is 1. The normalized spacial score (nSPS) is 11.7. The predicted molar refractivity (Wildman–Crippen MR) is 111 cm³/mol. The van der Waals surface area contributed by atoms with Crippen molar-refractivity contribution in [3.63, 3.8) is 0 Å². The van der Waals surface area contributed by atoms with E-state index in [-0.39, 0.29) is 11.4 Å². The van der Waals surface area contributed by atoms with Crippen molar-refractivity contribution in [2.75, 3.05) is 0 Å². The number of rotatable bonds is 6. The molecule has 0 unspecified atom stereocenters. The molecule has 8 nitrogen and oxygen atoms in total. The molecule has 0 spiro atoms. The number of fused-ring (bicyclic) bond motifs is 3. The molecule has 0 fully saturated rings. The number of aromatic nitrogens is 7. The van der Waals surface area contributed by atoms with Crippen LogP contribution < -0.4 is 5.56 Å². The largest absolute Gasteiger partial charge is 0.332 e. The molecule has 0 radical (unpaired) electrons. The topological polar surface area (TPSA) is 85.8 Å². The summed E-state index contributed by atoms with van der Waals surface area (Å²) in [5.41, 5.74) is 2.54.